The van der Waals surface area contributed by atoms with Crippen LogP contribution in [0.5, 0.6) is 5.75 Å². The lowest BCUT2D eigenvalue weighted by Gasteiger charge is -2.22. The summed E-state index contributed by atoms with van der Waals surface area (Å²) in [5, 5.41) is 0. The minimum atomic E-state index is 0.0500. The molecule has 1 saturated carbocycles. The van der Waals surface area contributed by atoms with E-state index in [4.69, 9.17) is 9.47 Å². The lowest BCUT2D eigenvalue weighted by Crippen LogP contribution is -2.35. The molecule has 5 nitrogen and oxygen atoms in total. The summed E-state index contributed by atoms with van der Waals surface area (Å²) in [5.41, 5.74) is 2.09. The van der Waals surface area contributed by atoms with E-state index in [1.807, 2.05) is 35.2 Å². The van der Waals surface area contributed by atoms with Crippen molar-refractivity contribution < 1.29 is 14.3 Å². The maximum atomic E-state index is 12.9. The Morgan fingerprint density at radius 3 is 2.64 bits per heavy atom. The van der Waals surface area contributed by atoms with Crippen molar-refractivity contribution in [2.45, 2.75) is 18.9 Å². The zero-order chi connectivity index (χ0) is 17.6. The van der Waals surface area contributed by atoms with Gasteiger partial charge in [0.25, 0.3) is 0 Å². The van der Waals surface area contributed by atoms with E-state index in [-0.39, 0.29) is 11.8 Å². The van der Waals surface area contributed by atoms with Crippen molar-refractivity contribution in [3.8, 4) is 5.75 Å². The summed E-state index contributed by atoms with van der Waals surface area (Å²) in [4.78, 5) is 19.1. The Morgan fingerprint density at radius 1 is 1.20 bits per heavy atom. The predicted octanol–water partition coefficient (Wildman–Crippen LogP) is 2.87. The second-order valence-corrected chi connectivity index (χ2v) is 6.30. The van der Waals surface area contributed by atoms with Crippen molar-refractivity contribution >= 4 is 5.91 Å². The topological polar surface area (TPSA) is 51.7 Å². The molecule has 5 heteroatoms. The van der Waals surface area contributed by atoms with Gasteiger partial charge in [-0.2, -0.15) is 0 Å². The Bertz CT molecular complexity index is 688. The van der Waals surface area contributed by atoms with E-state index < -0.39 is 0 Å². The standard InChI is InChI=1S/C20H24N2O3/c1-24-12-11-22(14-16-5-3-4-10-21-16)20(23)19-13-18(19)15-6-8-17(25-2)9-7-15/h3-10,18-19H,11-14H2,1-2H3/t18-,19-/m1/s1. The molecule has 25 heavy (non-hydrogen) atoms. The molecule has 0 N–H and O–H groups in total. The van der Waals surface area contributed by atoms with E-state index in [0.29, 0.717) is 25.6 Å². The number of rotatable bonds is 8. The van der Waals surface area contributed by atoms with Crippen LogP contribution in [0.1, 0.15) is 23.6 Å². The number of nitrogens with zero attached hydrogens (tertiary/aromatic N) is 2. The molecule has 0 aliphatic heterocycles. The summed E-state index contributed by atoms with van der Waals surface area (Å²) < 4.78 is 10.4. The van der Waals surface area contributed by atoms with Gasteiger partial charge in [0.05, 0.1) is 26.0 Å². The van der Waals surface area contributed by atoms with Crippen molar-refractivity contribution in [1.29, 1.82) is 0 Å². The summed E-state index contributed by atoms with van der Waals surface area (Å²) in [7, 11) is 3.31. The minimum Gasteiger partial charge on any atom is -0.497 e. The number of hydrogen-bond donors (Lipinski definition) is 0. The van der Waals surface area contributed by atoms with Gasteiger partial charge in [0.1, 0.15) is 5.75 Å². The fourth-order valence-corrected chi connectivity index (χ4v) is 3.08. The molecule has 1 heterocycles. The molecule has 1 aliphatic carbocycles. The van der Waals surface area contributed by atoms with Gasteiger partial charge in [-0.05, 0) is 42.2 Å². The molecule has 0 spiro atoms. The van der Waals surface area contributed by atoms with Gasteiger partial charge >= 0.3 is 0 Å². The zero-order valence-corrected chi connectivity index (χ0v) is 14.7. The monoisotopic (exact) mass is 340 g/mol. The van der Waals surface area contributed by atoms with Gasteiger partial charge in [-0.3, -0.25) is 9.78 Å². The Balaban J connectivity index is 1.65. The third-order valence-electron chi connectivity index (χ3n) is 4.61. The van der Waals surface area contributed by atoms with Crippen molar-refractivity contribution in [3.63, 3.8) is 0 Å². The second-order valence-electron chi connectivity index (χ2n) is 6.30. The van der Waals surface area contributed by atoms with Crippen LogP contribution < -0.4 is 4.74 Å². The summed E-state index contributed by atoms with van der Waals surface area (Å²) in [6.45, 7) is 1.63. The molecule has 132 valence electrons. The van der Waals surface area contributed by atoms with Crippen LogP contribution in [0.4, 0.5) is 0 Å². The Hall–Kier alpha value is -2.40. The molecule has 1 fully saturated rings. The smallest absolute Gasteiger partial charge is 0.226 e. The van der Waals surface area contributed by atoms with E-state index in [1.54, 1.807) is 20.4 Å². The highest BCUT2D eigenvalue weighted by atomic mass is 16.5. The Labute approximate surface area is 148 Å². The van der Waals surface area contributed by atoms with Crippen LogP contribution in [-0.2, 0) is 16.1 Å². The third kappa shape index (κ3) is 4.37. The van der Waals surface area contributed by atoms with E-state index >= 15 is 0 Å². The maximum absolute atomic E-state index is 12.9. The number of methoxy groups -OCH3 is 2. The molecule has 2 atom stereocenters. The van der Waals surface area contributed by atoms with Gasteiger partial charge in [0.15, 0.2) is 0 Å². The molecule has 0 radical (unpaired) electrons. The molecule has 1 amide bonds. The number of benzene rings is 1. The first-order chi connectivity index (χ1) is 12.2. The normalized spacial score (nSPS) is 18.6. The molecule has 0 bridgehead atoms. The number of aromatic nitrogens is 1. The molecular formula is C20H24N2O3. The third-order valence-corrected chi connectivity index (χ3v) is 4.61. The number of carbonyl (C=O) groups excluding carboxylic acids is 1. The second kappa shape index (κ2) is 8.12. The van der Waals surface area contributed by atoms with E-state index in [9.17, 15) is 4.79 Å². The first kappa shape index (κ1) is 17.4. The van der Waals surface area contributed by atoms with Crippen LogP contribution in [0.15, 0.2) is 48.7 Å². The quantitative estimate of drug-likeness (QED) is 0.741. The summed E-state index contributed by atoms with van der Waals surface area (Å²) >= 11 is 0. The largest absolute Gasteiger partial charge is 0.497 e. The van der Waals surface area contributed by atoms with Crippen molar-refractivity contribution in [1.82, 2.24) is 9.88 Å². The molecule has 1 aliphatic rings. The van der Waals surface area contributed by atoms with Gasteiger partial charge in [0.2, 0.25) is 5.91 Å². The number of ether oxygens (including phenoxy) is 2. The van der Waals surface area contributed by atoms with Gasteiger partial charge in [-0.1, -0.05) is 18.2 Å². The fourth-order valence-electron chi connectivity index (χ4n) is 3.08. The first-order valence-electron chi connectivity index (χ1n) is 8.54. The van der Waals surface area contributed by atoms with E-state index in [2.05, 4.69) is 17.1 Å². The number of pyridine rings is 1. The zero-order valence-electron chi connectivity index (χ0n) is 14.7. The van der Waals surface area contributed by atoms with Crippen molar-refractivity contribution in [2.24, 2.45) is 5.92 Å². The van der Waals surface area contributed by atoms with Gasteiger partial charge in [-0.15, -0.1) is 0 Å². The highest BCUT2D eigenvalue weighted by Gasteiger charge is 2.45. The van der Waals surface area contributed by atoms with E-state index in [0.717, 1.165) is 17.9 Å². The predicted molar refractivity (Wildman–Crippen MR) is 95.4 cm³/mol. The van der Waals surface area contributed by atoms with Crippen LogP contribution in [0, 0.1) is 5.92 Å². The summed E-state index contributed by atoms with van der Waals surface area (Å²) in [5.74, 6) is 1.37. The summed E-state index contributed by atoms with van der Waals surface area (Å²) in [6.07, 6.45) is 2.66. The molecular weight excluding hydrogens is 316 g/mol. The fraction of sp³-hybridized carbons (Fsp3) is 0.400. The number of amides is 1. The van der Waals surface area contributed by atoms with Crippen LogP contribution in [0.25, 0.3) is 0 Å². The van der Waals surface area contributed by atoms with Gasteiger partial charge < -0.3 is 14.4 Å². The van der Waals surface area contributed by atoms with Crippen LogP contribution in [-0.4, -0.2) is 43.2 Å². The van der Waals surface area contributed by atoms with Gasteiger partial charge in [-0.25, -0.2) is 0 Å². The Morgan fingerprint density at radius 2 is 2.00 bits per heavy atom. The average molecular weight is 340 g/mol. The lowest BCUT2D eigenvalue weighted by molar-refractivity contribution is -0.134. The van der Waals surface area contributed by atoms with Crippen LogP contribution >= 0.6 is 0 Å². The maximum Gasteiger partial charge on any atom is 0.226 e. The highest BCUT2D eigenvalue weighted by Crippen LogP contribution is 2.48. The summed E-state index contributed by atoms with van der Waals surface area (Å²) in [6, 6.07) is 13.8. The Kier molecular flexibility index (Phi) is 5.66. The average Bonchev–Trinajstić information content (AvgIpc) is 3.46. The number of carbonyl (C=O) groups is 1. The van der Waals surface area contributed by atoms with Crippen molar-refractivity contribution in [2.75, 3.05) is 27.4 Å². The molecule has 2 aromatic rings. The molecule has 0 saturated heterocycles. The first-order valence-corrected chi connectivity index (χ1v) is 8.54. The molecule has 0 unspecified atom stereocenters. The molecule has 3 rings (SSSR count). The van der Waals surface area contributed by atoms with Gasteiger partial charge in [0, 0.05) is 25.8 Å². The van der Waals surface area contributed by atoms with E-state index in [1.165, 1.54) is 5.56 Å². The van der Waals surface area contributed by atoms with Crippen molar-refractivity contribution in [3.05, 3.63) is 59.9 Å². The SMILES string of the molecule is COCCN(Cc1ccccn1)C(=O)[C@@H]1C[C@@H]1c1ccc(OC)cc1. The lowest BCUT2D eigenvalue weighted by atomic mass is 10.1. The van der Waals surface area contributed by atoms with Crippen LogP contribution in [0.3, 0.4) is 0 Å². The molecule has 1 aromatic carbocycles. The number of hydrogen-bond acceptors (Lipinski definition) is 4. The molecule has 1 aromatic heterocycles. The highest BCUT2D eigenvalue weighted by molar-refractivity contribution is 5.83. The van der Waals surface area contributed by atoms with Crippen LogP contribution in [0.2, 0.25) is 0 Å². The minimum absolute atomic E-state index is 0.0500.